The van der Waals surface area contributed by atoms with Crippen molar-refractivity contribution in [3.8, 4) is 10.6 Å². The van der Waals surface area contributed by atoms with Gasteiger partial charge in [0.2, 0.25) is 5.91 Å². The minimum Gasteiger partial charge on any atom is -0.322 e. The molecule has 90 valence electrons. The van der Waals surface area contributed by atoms with E-state index in [1.165, 1.54) is 0 Å². The number of aromatic nitrogens is 2. The summed E-state index contributed by atoms with van der Waals surface area (Å²) in [6, 6.07) is 3.96. The van der Waals surface area contributed by atoms with Crippen LogP contribution in [-0.2, 0) is 4.79 Å². The lowest BCUT2D eigenvalue weighted by molar-refractivity contribution is -0.118. The van der Waals surface area contributed by atoms with Crippen molar-refractivity contribution in [2.45, 2.75) is 20.8 Å². The molecule has 2 N–H and O–H groups in total. The van der Waals surface area contributed by atoms with Gasteiger partial charge in [-0.3, -0.25) is 9.89 Å². The van der Waals surface area contributed by atoms with Crippen LogP contribution in [0.2, 0.25) is 0 Å². The zero-order valence-corrected chi connectivity index (χ0v) is 10.9. The molecule has 2 aromatic heterocycles. The Morgan fingerprint density at radius 3 is 2.88 bits per heavy atom. The van der Waals surface area contributed by atoms with Crippen LogP contribution in [0, 0.1) is 12.8 Å². The summed E-state index contributed by atoms with van der Waals surface area (Å²) in [6.07, 6.45) is 0. The molecule has 0 atom stereocenters. The van der Waals surface area contributed by atoms with Gasteiger partial charge in [0.05, 0.1) is 16.3 Å². The first kappa shape index (κ1) is 11.9. The second-order valence-electron chi connectivity index (χ2n) is 4.19. The predicted octanol–water partition coefficient (Wildman–Crippen LogP) is 3.04. The van der Waals surface area contributed by atoms with Crippen LogP contribution < -0.4 is 5.32 Å². The van der Waals surface area contributed by atoms with E-state index >= 15 is 0 Å². The van der Waals surface area contributed by atoms with Crippen LogP contribution in [0.3, 0.4) is 0 Å². The molecule has 0 bridgehead atoms. The molecular formula is C12H15N3OS. The Morgan fingerprint density at radius 2 is 2.29 bits per heavy atom. The topological polar surface area (TPSA) is 57.8 Å². The molecule has 4 nitrogen and oxygen atoms in total. The van der Waals surface area contributed by atoms with Crippen molar-refractivity contribution in [2.24, 2.45) is 5.92 Å². The molecule has 0 saturated heterocycles. The van der Waals surface area contributed by atoms with Gasteiger partial charge in [-0.2, -0.15) is 5.10 Å². The monoisotopic (exact) mass is 249 g/mol. The standard InChI is InChI=1S/C12H15N3OS/c1-7(2)12(16)13-10-8(3)14-15-11(10)9-5-4-6-17-9/h4-7H,1-3H3,(H,13,16)(H,14,15). The molecule has 2 rings (SSSR count). The number of thiophene rings is 1. The van der Waals surface area contributed by atoms with E-state index in [9.17, 15) is 4.79 Å². The smallest absolute Gasteiger partial charge is 0.227 e. The lowest BCUT2D eigenvalue weighted by Gasteiger charge is -2.08. The molecule has 0 aliphatic carbocycles. The van der Waals surface area contributed by atoms with Crippen molar-refractivity contribution in [3.63, 3.8) is 0 Å². The SMILES string of the molecule is Cc1[nH]nc(-c2cccs2)c1NC(=O)C(C)C. The van der Waals surface area contributed by atoms with Crippen LogP contribution in [0.25, 0.3) is 10.6 Å². The Balaban J connectivity index is 2.34. The van der Waals surface area contributed by atoms with Gasteiger partial charge in [0.15, 0.2) is 0 Å². The van der Waals surface area contributed by atoms with E-state index in [0.717, 1.165) is 22.0 Å². The highest BCUT2D eigenvalue weighted by Crippen LogP contribution is 2.31. The van der Waals surface area contributed by atoms with Crippen molar-refractivity contribution in [1.29, 1.82) is 0 Å². The number of nitrogens with zero attached hydrogens (tertiary/aromatic N) is 1. The van der Waals surface area contributed by atoms with Crippen molar-refractivity contribution >= 4 is 22.9 Å². The molecule has 5 heteroatoms. The first-order chi connectivity index (χ1) is 8.09. The Bertz CT molecular complexity index is 514. The Hall–Kier alpha value is -1.62. The maximum Gasteiger partial charge on any atom is 0.227 e. The summed E-state index contributed by atoms with van der Waals surface area (Å²) in [5.74, 6) is -0.0345. The second-order valence-corrected chi connectivity index (χ2v) is 5.14. The summed E-state index contributed by atoms with van der Waals surface area (Å²) >= 11 is 1.61. The molecule has 0 aliphatic heterocycles. The number of aryl methyl sites for hydroxylation is 1. The van der Waals surface area contributed by atoms with E-state index in [2.05, 4.69) is 15.5 Å². The highest BCUT2D eigenvalue weighted by Gasteiger charge is 2.16. The Kier molecular flexibility index (Phi) is 3.28. The highest BCUT2D eigenvalue weighted by molar-refractivity contribution is 7.13. The molecule has 0 spiro atoms. The summed E-state index contributed by atoms with van der Waals surface area (Å²) in [7, 11) is 0. The van der Waals surface area contributed by atoms with Crippen LogP contribution >= 0.6 is 11.3 Å². The fourth-order valence-electron chi connectivity index (χ4n) is 1.44. The zero-order chi connectivity index (χ0) is 12.4. The fourth-order valence-corrected chi connectivity index (χ4v) is 2.16. The molecule has 0 saturated carbocycles. The van der Waals surface area contributed by atoms with E-state index in [1.54, 1.807) is 11.3 Å². The van der Waals surface area contributed by atoms with E-state index in [1.807, 2.05) is 38.3 Å². The largest absolute Gasteiger partial charge is 0.322 e. The van der Waals surface area contributed by atoms with Crippen molar-refractivity contribution < 1.29 is 4.79 Å². The number of anilines is 1. The number of H-pyrrole nitrogens is 1. The first-order valence-corrected chi connectivity index (χ1v) is 6.37. The van der Waals surface area contributed by atoms with Crippen molar-refractivity contribution in [3.05, 3.63) is 23.2 Å². The molecule has 0 aliphatic rings. The van der Waals surface area contributed by atoms with Crippen LogP contribution in [0.4, 0.5) is 5.69 Å². The van der Waals surface area contributed by atoms with E-state index in [-0.39, 0.29) is 11.8 Å². The lowest BCUT2D eigenvalue weighted by Crippen LogP contribution is -2.18. The number of carbonyl (C=O) groups is 1. The molecule has 2 aromatic rings. The van der Waals surface area contributed by atoms with Crippen molar-refractivity contribution in [2.75, 3.05) is 5.32 Å². The van der Waals surface area contributed by atoms with Gasteiger partial charge in [0.1, 0.15) is 5.69 Å². The molecule has 0 fully saturated rings. The quantitative estimate of drug-likeness (QED) is 0.878. The van der Waals surface area contributed by atoms with Crippen LogP contribution in [0.1, 0.15) is 19.5 Å². The average molecular weight is 249 g/mol. The van der Waals surface area contributed by atoms with Crippen LogP contribution in [0.5, 0.6) is 0 Å². The van der Waals surface area contributed by atoms with Crippen molar-refractivity contribution in [1.82, 2.24) is 10.2 Å². The molecule has 0 radical (unpaired) electrons. The van der Waals surface area contributed by atoms with Gasteiger partial charge < -0.3 is 5.32 Å². The minimum atomic E-state index is -0.0412. The van der Waals surface area contributed by atoms with Gasteiger partial charge in [0, 0.05) is 5.92 Å². The molecule has 2 heterocycles. The number of aromatic amines is 1. The summed E-state index contributed by atoms with van der Waals surface area (Å²) in [6.45, 7) is 5.64. The maximum atomic E-state index is 11.7. The van der Waals surface area contributed by atoms with Gasteiger partial charge in [0.25, 0.3) is 0 Å². The summed E-state index contributed by atoms with van der Waals surface area (Å²) in [5.41, 5.74) is 2.47. The number of hydrogen-bond acceptors (Lipinski definition) is 3. The van der Waals surface area contributed by atoms with E-state index in [0.29, 0.717) is 0 Å². The molecule has 0 unspecified atom stereocenters. The summed E-state index contributed by atoms with van der Waals surface area (Å²) < 4.78 is 0. The first-order valence-electron chi connectivity index (χ1n) is 5.49. The van der Waals surface area contributed by atoms with Gasteiger partial charge in [-0.1, -0.05) is 19.9 Å². The predicted molar refractivity (Wildman–Crippen MR) is 70.1 cm³/mol. The van der Waals surface area contributed by atoms with Gasteiger partial charge in [-0.25, -0.2) is 0 Å². The third kappa shape index (κ3) is 2.39. The third-order valence-corrected chi connectivity index (χ3v) is 3.35. The normalized spacial score (nSPS) is 10.8. The Labute approximate surface area is 104 Å². The average Bonchev–Trinajstić information content (AvgIpc) is 2.89. The molecule has 17 heavy (non-hydrogen) atoms. The van der Waals surface area contributed by atoms with E-state index in [4.69, 9.17) is 0 Å². The number of carbonyl (C=O) groups excluding carboxylic acids is 1. The maximum absolute atomic E-state index is 11.7. The molecule has 1 amide bonds. The number of nitrogens with one attached hydrogen (secondary N) is 2. The van der Waals surface area contributed by atoms with Crippen LogP contribution in [0.15, 0.2) is 17.5 Å². The van der Waals surface area contributed by atoms with Gasteiger partial charge >= 0.3 is 0 Å². The van der Waals surface area contributed by atoms with Crippen LogP contribution in [-0.4, -0.2) is 16.1 Å². The van der Waals surface area contributed by atoms with Gasteiger partial charge in [-0.15, -0.1) is 11.3 Å². The number of hydrogen-bond donors (Lipinski definition) is 2. The number of amides is 1. The number of rotatable bonds is 3. The zero-order valence-electron chi connectivity index (χ0n) is 10.1. The third-order valence-electron chi connectivity index (χ3n) is 2.47. The summed E-state index contributed by atoms with van der Waals surface area (Å²) in [5, 5.41) is 12.1. The summed E-state index contributed by atoms with van der Waals surface area (Å²) in [4.78, 5) is 12.8. The molecular weight excluding hydrogens is 234 g/mol. The minimum absolute atomic E-state index is 0.00676. The Morgan fingerprint density at radius 1 is 1.53 bits per heavy atom. The second kappa shape index (κ2) is 4.71. The van der Waals surface area contributed by atoms with E-state index < -0.39 is 0 Å². The fraction of sp³-hybridized carbons (Fsp3) is 0.333. The molecule has 0 aromatic carbocycles. The van der Waals surface area contributed by atoms with Gasteiger partial charge in [-0.05, 0) is 18.4 Å². The lowest BCUT2D eigenvalue weighted by atomic mass is 10.2. The highest BCUT2D eigenvalue weighted by atomic mass is 32.1.